The van der Waals surface area contributed by atoms with E-state index < -0.39 is 11.9 Å². The van der Waals surface area contributed by atoms with Crippen LogP contribution in [0, 0.1) is 6.92 Å². The second kappa shape index (κ2) is 14.9. The average Bonchev–Trinajstić information content (AvgIpc) is 2.56. The third-order valence-electron chi connectivity index (χ3n) is 3.80. The Morgan fingerprint density at radius 1 is 0.920 bits per heavy atom. The first-order valence-corrected chi connectivity index (χ1v) is 9.50. The number of hydrogen-bond donors (Lipinski definition) is 3. The minimum Gasteiger partial charge on any atom is -0.481 e. The molecule has 5 nitrogen and oxygen atoms in total. The number of carboxylic acid groups (broad SMARTS) is 2. The zero-order valence-corrected chi connectivity index (χ0v) is 16.4. The largest absolute Gasteiger partial charge is 0.481 e. The van der Waals surface area contributed by atoms with Crippen molar-refractivity contribution in [1.29, 1.82) is 0 Å². The number of carboxylic acids is 2. The van der Waals surface area contributed by atoms with Crippen molar-refractivity contribution in [3.05, 3.63) is 33.8 Å². The number of aromatic carboxylic acids is 1. The highest BCUT2D eigenvalue weighted by atomic mass is 79.9. The molecule has 0 aromatic heterocycles. The Balaban J connectivity index is 0.000000472. The minimum atomic E-state index is -0.885. The van der Waals surface area contributed by atoms with Gasteiger partial charge in [0.1, 0.15) is 0 Å². The molecule has 0 spiro atoms. The highest BCUT2D eigenvalue weighted by Gasteiger charge is 2.07. The quantitative estimate of drug-likeness (QED) is 0.439. The zero-order valence-electron chi connectivity index (χ0n) is 14.8. The van der Waals surface area contributed by atoms with E-state index in [-0.39, 0.29) is 0 Å². The Bertz CT molecular complexity index is 517. The first kappa shape index (κ1) is 23.6. The van der Waals surface area contributed by atoms with Crippen LogP contribution in [0.5, 0.6) is 0 Å². The molecular weight excluding hydrogens is 388 g/mol. The molecule has 1 rings (SSSR count). The van der Waals surface area contributed by atoms with Gasteiger partial charge in [0.15, 0.2) is 0 Å². The Morgan fingerprint density at radius 2 is 1.44 bits per heavy atom. The van der Waals surface area contributed by atoms with E-state index >= 15 is 0 Å². The molecule has 6 heteroatoms. The summed E-state index contributed by atoms with van der Waals surface area (Å²) < 4.78 is 0.831. The fraction of sp³-hybridized carbons (Fsp3) is 0.579. The molecule has 0 aliphatic heterocycles. The number of aliphatic hydroxyl groups excluding tert-OH is 1. The molecule has 0 atom stereocenters. The van der Waals surface area contributed by atoms with Crippen molar-refractivity contribution < 1.29 is 24.9 Å². The monoisotopic (exact) mass is 416 g/mol. The summed E-state index contributed by atoms with van der Waals surface area (Å²) in [5.74, 6) is -1.57. The van der Waals surface area contributed by atoms with E-state index in [1.165, 1.54) is 19.3 Å². The van der Waals surface area contributed by atoms with Gasteiger partial charge in [0, 0.05) is 17.5 Å². The van der Waals surface area contributed by atoms with E-state index in [2.05, 4.69) is 15.9 Å². The van der Waals surface area contributed by atoms with Gasteiger partial charge < -0.3 is 15.3 Å². The summed E-state index contributed by atoms with van der Waals surface area (Å²) in [5.41, 5.74) is 1.11. The number of hydrogen-bond acceptors (Lipinski definition) is 3. The third kappa shape index (κ3) is 12.6. The van der Waals surface area contributed by atoms with Crippen molar-refractivity contribution >= 4 is 27.9 Å². The van der Waals surface area contributed by atoms with Gasteiger partial charge in [-0.05, 0) is 37.5 Å². The number of halogens is 1. The molecule has 0 aliphatic carbocycles. The summed E-state index contributed by atoms with van der Waals surface area (Å²) in [6.07, 6.45) is 8.94. The van der Waals surface area contributed by atoms with Crippen LogP contribution in [-0.2, 0) is 4.79 Å². The maximum absolute atomic E-state index is 10.6. The summed E-state index contributed by atoms with van der Waals surface area (Å²) in [4.78, 5) is 20.7. The van der Waals surface area contributed by atoms with Crippen molar-refractivity contribution in [3.63, 3.8) is 0 Å². The van der Waals surface area contributed by atoms with E-state index in [0.29, 0.717) is 18.6 Å². The molecule has 25 heavy (non-hydrogen) atoms. The van der Waals surface area contributed by atoms with E-state index in [1.807, 2.05) is 6.07 Å². The fourth-order valence-corrected chi connectivity index (χ4v) is 2.65. The van der Waals surface area contributed by atoms with Gasteiger partial charge in [-0.25, -0.2) is 4.79 Å². The van der Waals surface area contributed by atoms with Crippen LogP contribution >= 0.6 is 15.9 Å². The van der Waals surface area contributed by atoms with Crippen LogP contribution in [0.2, 0.25) is 0 Å². The second-order valence-electron chi connectivity index (χ2n) is 5.91. The van der Waals surface area contributed by atoms with Crippen LogP contribution in [0.4, 0.5) is 0 Å². The predicted molar refractivity (Wildman–Crippen MR) is 102 cm³/mol. The smallest absolute Gasteiger partial charge is 0.335 e. The Morgan fingerprint density at radius 3 is 1.88 bits per heavy atom. The minimum absolute atomic E-state index is 0.304. The zero-order chi connectivity index (χ0) is 19.1. The summed E-state index contributed by atoms with van der Waals surface area (Å²) in [7, 11) is 0. The van der Waals surface area contributed by atoms with Crippen molar-refractivity contribution in [3.8, 4) is 0 Å². The summed E-state index contributed by atoms with van der Waals surface area (Å²) in [6, 6.07) is 5.12. The third-order valence-corrected chi connectivity index (χ3v) is 4.66. The van der Waals surface area contributed by atoms with E-state index in [0.717, 1.165) is 42.1 Å². The first-order valence-electron chi connectivity index (χ1n) is 8.71. The van der Waals surface area contributed by atoms with E-state index in [9.17, 15) is 9.59 Å². The van der Waals surface area contributed by atoms with Crippen LogP contribution in [0.15, 0.2) is 22.7 Å². The van der Waals surface area contributed by atoms with Gasteiger partial charge in [-0.15, -0.1) is 0 Å². The maximum atomic E-state index is 10.6. The molecule has 0 amide bonds. The van der Waals surface area contributed by atoms with Gasteiger partial charge in [0.2, 0.25) is 0 Å². The van der Waals surface area contributed by atoms with Crippen molar-refractivity contribution in [2.24, 2.45) is 0 Å². The number of rotatable bonds is 11. The lowest BCUT2D eigenvalue weighted by Crippen LogP contribution is -1.99. The van der Waals surface area contributed by atoms with E-state index in [4.69, 9.17) is 15.3 Å². The number of unbranched alkanes of at least 4 members (excludes halogenated alkanes) is 7. The Hall–Kier alpha value is -1.40. The van der Waals surface area contributed by atoms with Gasteiger partial charge >= 0.3 is 11.9 Å². The second-order valence-corrected chi connectivity index (χ2v) is 6.77. The fourth-order valence-electron chi connectivity index (χ4n) is 2.29. The standard InChI is InChI=1S/C11H22O3.C8H7BrO2/c12-10-8-6-4-2-1-3-5-7-9-11(13)14;1-5-6(8(10)11)3-2-4-7(5)9/h12H,1-10H2,(H,13,14);2-4H,1H3,(H,10,11). The molecule has 142 valence electrons. The van der Waals surface area contributed by atoms with Crippen LogP contribution < -0.4 is 0 Å². The number of aliphatic carboxylic acids is 1. The van der Waals surface area contributed by atoms with Gasteiger partial charge in [-0.1, -0.05) is 60.5 Å². The summed E-state index contributed by atoms with van der Waals surface area (Å²) in [5, 5.41) is 25.6. The molecule has 0 aliphatic rings. The van der Waals surface area contributed by atoms with Crippen LogP contribution in [0.1, 0.15) is 73.7 Å². The first-order chi connectivity index (χ1) is 11.9. The lowest BCUT2D eigenvalue weighted by molar-refractivity contribution is -0.137. The van der Waals surface area contributed by atoms with Crippen molar-refractivity contribution in [2.45, 2.75) is 64.7 Å². The molecule has 0 unspecified atom stereocenters. The molecule has 0 bridgehead atoms. The van der Waals surface area contributed by atoms with Crippen molar-refractivity contribution in [2.75, 3.05) is 6.61 Å². The number of aliphatic hydroxyl groups is 1. The van der Waals surface area contributed by atoms with Gasteiger partial charge in [0.25, 0.3) is 0 Å². The highest BCUT2D eigenvalue weighted by molar-refractivity contribution is 9.10. The Labute approximate surface area is 158 Å². The molecule has 0 radical (unpaired) electrons. The normalized spacial score (nSPS) is 10.0. The van der Waals surface area contributed by atoms with Crippen LogP contribution in [0.3, 0.4) is 0 Å². The average molecular weight is 417 g/mol. The maximum Gasteiger partial charge on any atom is 0.335 e. The number of carbonyl (C=O) groups is 2. The van der Waals surface area contributed by atoms with Crippen LogP contribution in [0.25, 0.3) is 0 Å². The predicted octanol–water partition coefficient (Wildman–Crippen LogP) is 5.03. The molecule has 1 aromatic carbocycles. The lowest BCUT2D eigenvalue weighted by Gasteiger charge is -2.00. The molecule has 0 saturated heterocycles. The van der Waals surface area contributed by atoms with Gasteiger partial charge in [-0.2, -0.15) is 0 Å². The molecule has 0 heterocycles. The SMILES string of the molecule is Cc1c(Br)cccc1C(=O)O.O=C(O)CCCCCCCCCCO. The van der Waals surface area contributed by atoms with Gasteiger partial charge in [-0.3, -0.25) is 4.79 Å². The molecule has 1 aromatic rings. The van der Waals surface area contributed by atoms with Crippen molar-refractivity contribution in [1.82, 2.24) is 0 Å². The lowest BCUT2D eigenvalue weighted by atomic mass is 10.1. The Kier molecular flexibility index (Phi) is 14.1. The topological polar surface area (TPSA) is 94.8 Å². The molecule has 0 fully saturated rings. The molecular formula is C19H29BrO5. The van der Waals surface area contributed by atoms with E-state index in [1.54, 1.807) is 19.1 Å². The molecule has 3 N–H and O–H groups in total. The highest BCUT2D eigenvalue weighted by Crippen LogP contribution is 2.18. The molecule has 0 saturated carbocycles. The summed E-state index contributed by atoms with van der Waals surface area (Å²) in [6.45, 7) is 2.08. The summed E-state index contributed by atoms with van der Waals surface area (Å²) >= 11 is 3.25. The van der Waals surface area contributed by atoms with Crippen LogP contribution in [-0.4, -0.2) is 33.9 Å². The number of benzene rings is 1. The van der Waals surface area contributed by atoms with Gasteiger partial charge in [0.05, 0.1) is 5.56 Å².